The number of benzene rings is 1. The zero-order chi connectivity index (χ0) is 14.6. The van der Waals surface area contributed by atoms with E-state index in [1.54, 1.807) is 0 Å². The van der Waals surface area contributed by atoms with Crippen LogP contribution in [0.3, 0.4) is 0 Å². The van der Waals surface area contributed by atoms with Crippen LogP contribution in [0.5, 0.6) is 0 Å². The van der Waals surface area contributed by atoms with Crippen LogP contribution in [0.15, 0.2) is 29.2 Å². The van der Waals surface area contributed by atoms with Crippen molar-refractivity contribution in [3.05, 3.63) is 24.3 Å². The van der Waals surface area contributed by atoms with Crippen molar-refractivity contribution in [2.75, 3.05) is 5.32 Å². The molecule has 0 spiro atoms. The zero-order valence-electron chi connectivity index (χ0n) is 9.61. The van der Waals surface area contributed by atoms with Crippen LogP contribution >= 0.6 is 0 Å². The average Bonchev–Trinajstić information content (AvgIpc) is 2.26. The molecule has 104 valence electrons. The lowest BCUT2D eigenvalue weighted by atomic mass is 10.2. The molecule has 0 heterocycles. The van der Waals surface area contributed by atoms with Gasteiger partial charge in [-0.1, -0.05) is 12.1 Å². The highest BCUT2D eigenvalue weighted by atomic mass is 32.2. The summed E-state index contributed by atoms with van der Waals surface area (Å²) >= 11 is 0. The van der Waals surface area contributed by atoms with Crippen molar-refractivity contribution in [3.63, 3.8) is 0 Å². The second kappa shape index (κ2) is 5.67. The van der Waals surface area contributed by atoms with E-state index < -0.39 is 34.4 Å². The van der Waals surface area contributed by atoms with Gasteiger partial charge in [0.15, 0.2) is 0 Å². The number of anilines is 1. The van der Waals surface area contributed by atoms with E-state index in [2.05, 4.69) is 5.32 Å². The predicted molar refractivity (Wildman–Crippen MR) is 65.1 cm³/mol. The van der Waals surface area contributed by atoms with Crippen LogP contribution in [0, 0.1) is 0 Å². The molecule has 8 nitrogen and oxygen atoms in total. The fourth-order valence-electron chi connectivity index (χ4n) is 1.40. The van der Waals surface area contributed by atoms with E-state index in [-0.39, 0.29) is 10.6 Å². The third-order valence-corrected chi connectivity index (χ3v) is 3.17. The van der Waals surface area contributed by atoms with Gasteiger partial charge in [-0.05, 0) is 12.1 Å². The van der Waals surface area contributed by atoms with Crippen LogP contribution in [0.2, 0.25) is 0 Å². The van der Waals surface area contributed by atoms with Gasteiger partial charge in [0.05, 0.1) is 12.1 Å². The molecule has 1 aromatic rings. The third-order valence-electron chi connectivity index (χ3n) is 2.20. The summed E-state index contributed by atoms with van der Waals surface area (Å²) in [5.41, 5.74) is -0.0568. The molecule has 0 saturated carbocycles. The number of primary sulfonamides is 1. The van der Waals surface area contributed by atoms with E-state index in [0.29, 0.717) is 0 Å². The minimum Gasteiger partial charge on any atom is -0.481 e. The molecule has 0 aliphatic rings. The molecule has 0 saturated heterocycles. The maximum Gasteiger partial charge on any atom is 0.326 e. The standard InChI is InChI=1S/C10H12N2O6S/c11-19(17,18)8-4-2-1-3-6(8)12-7(10(15)16)5-9(13)14/h1-4,7,12H,5H2,(H,13,14)(H,15,16)(H2,11,17,18). The summed E-state index contributed by atoms with van der Waals surface area (Å²) < 4.78 is 22.6. The molecule has 0 aliphatic carbocycles. The maximum atomic E-state index is 11.3. The van der Waals surface area contributed by atoms with Gasteiger partial charge in [-0.2, -0.15) is 0 Å². The van der Waals surface area contributed by atoms with Gasteiger partial charge in [0.2, 0.25) is 10.0 Å². The molecule has 0 amide bonds. The lowest BCUT2D eigenvalue weighted by Gasteiger charge is -2.15. The Labute approximate surface area is 108 Å². The van der Waals surface area contributed by atoms with Crippen molar-refractivity contribution in [2.24, 2.45) is 5.14 Å². The summed E-state index contributed by atoms with van der Waals surface area (Å²) in [6.07, 6.45) is -0.700. The normalized spacial score (nSPS) is 12.7. The highest BCUT2D eigenvalue weighted by Crippen LogP contribution is 2.20. The Morgan fingerprint density at radius 1 is 1.26 bits per heavy atom. The molecule has 0 aliphatic heterocycles. The van der Waals surface area contributed by atoms with Crippen molar-refractivity contribution < 1.29 is 28.2 Å². The Bertz CT molecular complexity index is 598. The molecule has 0 bridgehead atoms. The molecule has 0 fully saturated rings. The average molecular weight is 288 g/mol. The van der Waals surface area contributed by atoms with Gasteiger partial charge in [0.25, 0.3) is 0 Å². The number of hydrogen-bond donors (Lipinski definition) is 4. The number of para-hydroxylation sites is 1. The van der Waals surface area contributed by atoms with Crippen molar-refractivity contribution in [3.8, 4) is 0 Å². The van der Waals surface area contributed by atoms with E-state index in [4.69, 9.17) is 15.4 Å². The Kier molecular flexibility index (Phi) is 4.46. The Hall–Kier alpha value is -2.13. The van der Waals surface area contributed by atoms with Gasteiger partial charge in [0, 0.05) is 0 Å². The van der Waals surface area contributed by atoms with Gasteiger partial charge >= 0.3 is 11.9 Å². The fraction of sp³-hybridized carbons (Fsp3) is 0.200. The first kappa shape index (κ1) is 14.9. The largest absolute Gasteiger partial charge is 0.481 e. The highest BCUT2D eigenvalue weighted by Gasteiger charge is 2.23. The summed E-state index contributed by atoms with van der Waals surface area (Å²) in [5, 5.41) is 24.8. The van der Waals surface area contributed by atoms with Crippen molar-refractivity contribution in [2.45, 2.75) is 17.4 Å². The first-order chi connectivity index (χ1) is 8.71. The van der Waals surface area contributed by atoms with Gasteiger partial charge in [-0.15, -0.1) is 0 Å². The smallest absolute Gasteiger partial charge is 0.326 e. The monoisotopic (exact) mass is 288 g/mol. The molecule has 19 heavy (non-hydrogen) atoms. The Morgan fingerprint density at radius 3 is 2.32 bits per heavy atom. The van der Waals surface area contributed by atoms with Crippen LogP contribution in [0.4, 0.5) is 5.69 Å². The van der Waals surface area contributed by atoms with Crippen LogP contribution in [0.25, 0.3) is 0 Å². The summed E-state index contributed by atoms with van der Waals surface area (Å²) in [6, 6.07) is 3.92. The second-order valence-electron chi connectivity index (χ2n) is 3.67. The summed E-state index contributed by atoms with van der Waals surface area (Å²) in [6.45, 7) is 0. The van der Waals surface area contributed by atoms with E-state index in [9.17, 15) is 18.0 Å². The van der Waals surface area contributed by atoms with Crippen LogP contribution in [0.1, 0.15) is 6.42 Å². The first-order valence-electron chi connectivity index (χ1n) is 5.05. The van der Waals surface area contributed by atoms with Crippen LogP contribution in [-0.4, -0.2) is 36.6 Å². The third kappa shape index (κ3) is 4.23. The quantitative estimate of drug-likeness (QED) is 0.560. The number of carboxylic acid groups (broad SMARTS) is 2. The topological polar surface area (TPSA) is 147 Å². The lowest BCUT2D eigenvalue weighted by molar-refractivity contribution is -0.144. The molecule has 1 aromatic carbocycles. The van der Waals surface area contributed by atoms with Crippen molar-refractivity contribution >= 4 is 27.6 Å². The second-order valence-corrected chi connectivity index (χ2v) is 5.20. The number of hydrogen-bond acceptors (Lipinski definition) is 5. The molecule has 0 radical (unpaired) electrons. The molecular formula is C10H12N2O6S. The van der Waals surface area contributed by atoms with Crippen molar-refractivity contribution in [1.29, 1.82) is 0 Å². The first-order valence-corrected chi connectivity index (χ1v) is 6.59. The Morgan fingerprint density at radius 2 is 1.84 bits per heavy atom. The Balaban J connectivity index is 3.10. The summed E-state index contributed by atoms with van der Waals surface area (Å²) in [7, 11) is -4.04. The number of rotatable bonds is 6. The molecule has 9 heteroatoms. The van der Waals surface area contributed by atoms with E-state index in [1.807, 2.05) is 0 Å². The highest BCUT2D eigenvalue weighted by molar-refractivity contribution is 7.89. The van der Waals surface area contributed by atoms with Gasteiger partial charge in [0.1, 0.15) is 10.9 Å². The SMILES string of the molecule is NS(=O)(=O)c1ccccc1NC(CC(=O)O)C(=O)O. The molecule has 1 unspecified atom stereocenters. The molecule has 1 rings (SSSR count). The van der Waals surface area contributed by atoms with E-state index in [1.165, 1.54) is 24.3 Å². The molecule has 1 atom stereocenters. The summed E-state index contributed by atoms with van der Waals surface area (Å²) in [5.74, 6) is -2.74. The van der Waals surface area contributed by atoms with Crippen LogP contribution < -0.4 is 10.5 Å². The minimum atomic E-state index is -4.04. The lowest BCUT2D eigenvalue weighted by Crippen LogP contribution is -2.32. The minimum absolute atomic E-state index is 0.0568. The van der Waals surface area contributed by atoms with Crippen LogP contribution in [-0.2, 0) is 19.6 Å². The van der Waals surface area contributed by atoms with Gasteiger partial charge in [-0.25, -0.2) is 18.4 Å². The zero-order valence-corrected chi connectivity index (χ0v) is 10.4. The van der Waals surface area contributed by atoms with E-state index in [0.717, 1.165) is 0 Å². The fourth-order valence-corrected chi connectivity index (χ4v) is 2.10. The number of carbonyl (C=O) groups is 2. The van der Waals surface area contributed by atoms with Gasteiger partial charge in [-0.3, -0.25) is 4.79 Å². The molecule has 5 N–H and O–H groups in total. The number of aliphatic carboxylic acids is 2. The van der Waals surface area contributed by atoms with Crippen molar-refractivity contribution in [1.82, 2.24) is 0 Å². The number of sulfonamides is 1. The molecule has 0 aromatic heterocycles. The van der Waals surface area contributed by atoms with E-state index >= 15 is 0 Å². The number of nitrogens with one attached hydrogen (secondary N) is 1. The number of carboxylic acids is 2. The summed E-state index contributed by atoms with van der Waals surface area (Å²) in [4.78, 5) is 21.1. The van der Waals surface area contributed by atoms with Gasteiger partial charge < -0.3 is 15.5 Å². The number of nitrogens with two attached hydrogens (primary N) is 1. The molecular weight excluding hydrogens is 276 g/mol. The predicted octanol–water partition coefficient (Wildman–Crippen LogP) is -0.326. The maximum absolute atomic E-state index is 11.3.